The fourth-order valence-corrected chi connectivity index (χ4v) is 1.32. The highest BCUT2D eigenvalue weighted by Crippen LogP contribution is 2.39. The van der Waals surface area contributed by atoms with Gasteiger partial charge in [-0.1, -0.05) is 0 Å². The number of nitrogens with zero attached hydrogens (tertiary/aromatic N) is 1. The Hall–Kier alpha value is -2.09. The van der Waals surface area contributed by atoms with Gasteiger partial charge in [-0.05, 0) is 0 Å². The second kappa shape index (κ2) is 5.71. The molecule has 1 rings (SSSR count). The van der Waals surface area contributed by atoms with E-state index in [0.717, 1.165) is 5.69 Å². The fraction of sp³-hybridized carbons (Fsp3) is 0.364. The topological polar surface area (TPSA) is 63.5 Å². The van der Waals surface area contributed by atoms with Crippen LogP contribution in [0.25, 0.3) is 0 Å². The minimum absolute atomic E-state index is 0.221. The number of ether oxygens (including phenoxy) is 3. The second-order valence-corrected chi connectivity index (χ2v) is 2.93. The molecule has 5 heteroatoms. The normalized spacial score (nSPS) is 9.12. The lowest BCUT2D eigenvalue weighted by Gasteiger charge is -2.14. The zero-order valence-corrected chi connectivity index (χ0v) is 9.53. The fourth-order valence-electron chi connectivity index (χ4n) is 1.32. The van der Waals surface area contributed by atoms with Crippen LogP contribution in [0.3, 0.4) is 0 Å². The summed E-state index contributed by atoms with van der Waals surface area (Å²) >= 11 is 0. The minimum atomic E-state index is 0.221. The van der Waals surface area contributed by atoms with Gasteiger partial charge in [-0.2, -0.15) is 5.26 Å². The molecule has 0 heterocycles. The highest BCUT2D eigenvalue weighted by Gasteiger charge is 2.12. The Morgan fingerprint density at radius 1 is 1.12 bits per heavy atom. The van der Waals surface area contributed by atoms with Gasteiger partial charge < -0.3 is 19.5 Å². The van der Waals surface area contributed by atoms with E-state index in [-0.39, 0.29) is 6.54 Å². The highest BCUT2D eigenvalue weighted by molar-refractivity contribution is 5.62. The van der Waals surface area contributed by atoms with Crippen LogP contribution < -0.4 is 19.5 Å². The van der Waals surface area contributed by atoms with Crippen molar-refractivity contribution < 1.29 is 14.2 Å². The maximum absolute atomic E-state index is 8.48. The Morgan fingerprint density at radius 3 is 2.06 bits per heavy atom. The summed E-state index contributed by atoms with van der Waals surface area (Å²) < 4.78 is 15.5. The predicted octanol–water partition coefficient (Wildman–Crippen LogP) is 1.65. The van der Waals surface area contributed by atoms with Gasteiger partial charge in [0, 0.05) is 17.8 Å². The molecule has 0 radical (unpaired) electrons. The van der Waals surface area contributed by atoms with Crippen LogP contribution in [-0.2, 0) is 0 Å². The molecule has 0 aliphatic rings. The van der Waals surface area contributed by atoms with Gasteiger partial charge >= 0.3 is 0 Å². The first-order valence-corrected chi connectivity index (χ1v) is 4.67. The van der Waals surface area contributed by atoms with E-state index < -0.39 is 0 Å². The zero-order chi connectivity index (χ0) is 12.0. The molecule has 1 aromatic carbocycles. The first kappa shape index (κ1) is 12.0. The van der Waals surface area contributed by atoms with Crippen LogP contribution in [0.15, 0.2) is 12.1 Å². The molecule has 0 atom stereocenters. The summed E-state index contributed by atoms with van der Waals surface area (Å²) in [4.78, 5) is 0. The lowest BCUT2D eigenvalue weighted by molar-refractivity contribution is 0.324. The maximum atomic E-state index is 8.48. The molecule has 5 nitrogen and oxygen atoms in total. The number of hydrogen-bond donors (Lipinski definition) is 1. The summed E-state index contributed by atoms with van der Waals surface area (Å²) in [7, 11) is 4.64. The van der Waals surface area contributed by atoms with Crippen LogP contribution in [0.5, 0.6) is 17.2 Å². The Morgan fingerprint density at radius 2 is 1.69 bits per heavy atom. The van der Waals surface area contributed by atoms with E-state index in [1.54, 1.807) is 33.5 Å². The summed E-state index contributed by atoms with van der Waals surface area (Å²) in [5.41, 5.74) is 0.746. The lowest BCUT2D eigenvalue weighted by Crippen LogP contribution is -2.01. The third kappa shape index (κ3) is 2.48. The molecule has 0 fully saturated rings. The molecule has 0 aliphatic heterocycles. The highest BCUT2D eigenvalue weighted by atomic mass is 16.5. The Balaban J connectivity index is 3.11. The molecule has 0 unspecified atom stereocenters. The number of nitriles is 1. The van der Waals surface area contributed by atoms with Gasteiger partial charge in [0.05, 0.1) is 27.4 Å². The zero-order valence-electron chi connectivity index (χ0n) is 9.53. The molecule has 0 saturated heterocycles. The van der Waals surface area contributed by atoms with E-state index in [1.165, 1.54) is 0 Å². The van der Waals surface area contributed by atoms with Crippen LogP contribution in [0.1, 0.15) is 0 Å². The maximum Gasteiger partial charge on any atom is 0.203 e. The molecule has 0 aromatic heterocycles. The predicted molar refractivity (Wildman–Crippen MR) is 60.2 cm³/mol. The quantitative estimate of drug-likeness (QED) is 0.767. The van der Waals surface area contributed by atoms with Crippen LogP contribution in [0, 0.1) is 11.3 Å². The number of anilines is 1. The van der Waals surface area contributed by atoms with Crippen molar-refractivity contribution in [3.8, 4) is 23.3 Å². The average Bonchev–Trinajstić information content (AvgIpc) is 2.34. The number of benzene rings is 1. The van der Waals surface area contributed by atoms with Gasteiger partial charge in [0.1, 0.15) is 6.54 Å². The minimum Gasteiger partial charge on any atom is -0.493 e. The molecule has 0 aliphatic carbocycles. The number of rotatable bonds is 5. The molecule has 86 valence electrons. The summed E-state index contributed by atoms with van der Waals surface area (Å²) in [5, 5.41) is 11.4. The van der Waals surface area contributed by atoms with Crippen molar-refractivity contribution in [1.29, 1.82) is 5.26 Å². The molecule has 0 amide bonds. The summed E-state index contributed by atoms with van der Waals surface area (Å²) in [5.74, 6) is 1.65. The van der Waals surface area contributed by atoms with Crippen molar-refractivity contribution in [2.45, 2.75) is 0 Å². The van der Waals surface area contributed by atoms with Gasteiger partial charge in [-0.3, -0.25) is 0 Å². The Bertz CT molecular complexity index is 374. The van der Waals surface area contributed by atoms with E-state index in [9.17, 15) is 0 Å². The molecule has 0 saturated carbocycles. The van der Waals surface area contributed by atoms with E-state index >= 15 is 0 Å². The molecule has 1 aromatic rings. The molecule has 0 bridgehead atoms. The van der Waals surface area contributed by atoms with Crippen molar-refractivity contribution in [2.24, 2.45) is 0 Å². The van der Waals surface area contributed by atoms with Gasteiger partial charge in [0.2, 0.25) is 5.75 Å². The summed E-state index contributed by atoms with van der Waals surface area (Å²) in [6.45, 7) is 0.221. The Labute approximate surface area is 94.5 Å². The number of nitrogens with one attached hydrogen (secondary N) is 1. The summed E-state index contributed by atoms with van der Waals surface area (Å²) in [6.07, 6.45) is 0. The van der Waals surface area contributed by atoms with Gasteiger partial charge in [-0.25, -0.2) is 0 Å². The van der Waals surface area contributed by atoms with Gasteiger partial charge in [0.15, 0.2) is 11.5 Å². The first-order chi connectivity index (χ1) is 7.76. The summed E-state index contributed by atoms with van der Waals surface area (Å²) in [6, 6.07) is 5.49. The van der Waals surface area contributed by atoms with Crippen molar-refractivity contribution >= 4 is 5.69 Å². The monoisotopic (exact) mass is 222 g/mol. The third-order valence-corrected chi connectivity index (χ3v) is 2.04. The van der Waals surface area contributed by atoms with Crippen molar-refractivity contribution in [3.05, 3.63) is 12.1 Å². The third-order valence-electron chi connectivity index (χ3n) is 2.04. The number of hydrogen-bond acceptors (Lipinski definition) is 5. The Kier molecular flexibility index (Phi) is 4.28. The van der Waals surface area contributed by atoms with Crippen LogP contribution in [-0.4, -0.2) is 27.9 Å². The van der Waals surface area contributed by atoms with Crippen molar-refractivity contribution in [1.82, 2.24) is 0 Å². The molecular formula is C11H14N2O3. The van der Waals surface area contributed by atoms with Crippen LogP contribution >= 0.6 is 0 Å². The van der Waals surface area contributed by atoms with Crippen LogP contribution in [0.2, 0.25) is 0 Å². The molecule has 1 N–H and O–H groups in total. The van der Waals surface area contributed by atoms with E-state index in [0.29, 0.717) is 17.2 Å². The number of methoxy groups -OCH3 is 3. The molecule has 16 heavy (non-hydrogen) atoms. The van der Waals surface area contributed by atoms with E-state index in [2.05, 4.69) is 5.32 Å². The van der Waals surface area contributed by atoms with E-state index in [4.69, 9.17) is 19.5 Å². The standard InChI is InChI=1S/C11H14N2O3/c1-14-9-6-8(13-5-4-12)7-10(15-2)11(9)16-3/h6-7,13H,5H2,1-3H3. The average molecular weight is 222 g/mol. The first-order valence-electron chi connectivity index (χ1n) is 4.67. The second-order valence-electron chi connectivity index (χ2n) is 2.93. The smallest absolute Gasteiger partial charge is 0.203 e. The SMILES string of the molecule is COc1cc(NCC#N)cc(OC)c1OC. The largest absolute Gasteiger partial charge is 0.493 e. The molecular weight excluding hydrogens is 208 g/mol. The van der Waals surface area contributed by atoms with E-state index in [1.807, 2.05) is 6.07 Å². The van der Waals surface area contributed by atoms with Crippen molar-refractivity contribution in [2.75, 3.05) is 33.2 Å². The molecule has 0 spiro atoms. The lowest BCUT2D eigenvalue weighted by atomic mass is 10.2. The van der Waals surface area contributed by atoms with Gasteiger partial charge in [0.25, 0.3) is 0 Å². The van der Waals surface area contributed by atoms with Crippen LogP contribution in [0.4, 0.5) is 5.69 Å². The van der Waals surface area contributed by atoms with Crippen molar-refractivity contribution in [3.63, 3.8) is 0 Å². The van der Waals surface area contributed by atoms with Gasteiger partial charge in [-0.15, -0.1) is 0 Å².